The van der Waals surface area contributed by atoms with Crippen molar-refractivity contribution in [3.05, 3.63) is 0 Å². The molecule has 13 heavy (non-hydrogen) atoms. The summed E-state index contributed by atoms with van der Waals surface area (Å²) in [5.41, 5.74) is 0. The lowest BCUT2D eigenvalue weighted by Crippen LogP contribution is -2.36. The van der Waals surface area contributed by atoms with Crippen LogP contribution >= 0.6 is 0 Å². The first-order valence-electron chi connectivity index (χ1n) is 5.22. The van der Waals surface area contributed by atoms with Crippen LogP contribution in [-0.2, 0) is 0 Å². The van der Waals surface area contributed by atoms with Crippen LogP contribution in [0.15, 0.2) is 0 Å². The Bertz CT molecular complexity index is 133. The Hall–Kier alpha value is -0.120. The quantitative estimate of drug-likeness (QED) is 0.586. The lowest BCUT2D eigenvalue weighted by atomic mass is 9.82. The van der Waals surface area contributed by atoms with Crippen molar-refractivity contribution in [1.29, 1.82) is 0 Å². The normalized spacial score (nSPS) is 27.7. The molecule has 0 amide bonds. The molecule has 0 spiro atoms. The van der Waals surface area contributed by atoms with E-state index in [-0.39, 0.29) is 6.10 Å². The summed E-state index contributed by atoms with van der Waals surface area (Å²) in [6, 6.07) is 0. The predicted molar refractivity (Wildman–Crippen MR) is 54.8 cm³/mol. The van der Waals surface area contributed by atoms with E-state index in [4.69, 9.17) is 5.11 Å². The van der Waals surface area contributed by atoms with E-state index in [9.17, 15) is 0 Å². The highest BCUT2D eigenvalue weighted by Crippen LogP contribution is 2.25. The van der Waals surface area contributed by atoms with E-state index in [0.29, 0.717) is 0 Å². The summed E-state index contributed by atoms with van der Waals surface area (Å²) in [4.78, 5) is 2.20. The molecule has 1 aliphatic carbocycles. The van der Waals surface area contributed by atoms with Crippen LogP contribution in [0.2, 0.25) is 0 Å². The summed E-state index contributed by atoms with van der Waals surface area (Å²) >= 11 is 0. The SMILES string of the molecule is CN(C)CCCNCC1CC(O)C1. The van der Waals surface area contributed by atoms with Crippen LogP contribution in [0.4, 0.5) is 0 Å². The number of nitrogens with zero attached hydrogens (tertiary/aromatic N) is 1. The van der Waals surface area contributed by atoms with Gasteiger partial charge in [0.15, 0.2) is 0 Å². The Morgan fingerprint density at radius 1 is 1.38 bits per heavy atom. The van der Waals surface area contributed by atoms with Crippen LogP contribution in [0.25, 0.3) is 0 Å². The molecule has 2 N–H and O–H groups in total. The molecule has 0 aromatic carbocycles. The zero-order chi connectivity index (χ0) is 9.68. The van der Waals surface area contributed by atoms with Crippen LogP contribution in [0.3, 0.4) is 0 Å². The van der Waals surface area contributed by atoms with Gasteiger partial charge in [0.25, 0.3) is 0 Å². The van der Waals surface area contributed by atoms with Crippen molar-refractivity contribution in [2.75, 3.05) is 33.7 Å². The molecule has 0 atom stereocenters. The van der Waals surface area contributed by atoms with E-state index in [2.05, 4.69) is 24.3 Å². The largest absolute Gasteiger partial charge is 0.393 e. The summed E-state index contributed by atoms with van der Waals surface area (Å²) < 4.78 is 0. The van der Waals surface area contributed by atoms with Crippen molar-refractivity contribution in [3.8, 4) is 0 Å². The number of rotatable bonds is 6. The van der Waals surface area contributed by atoms with Gasteiger partial charge in [-0.05, 0) is 58.9 Å². The Balaban J connectivity index is 1.79. The minimum atomic E-state index is -0.00595. The number of nitrogens with one attached hydrogen (secondary N) is 1. The molecule has 0 aromatic heterocycles. The monoisotopic (exact) mass is 186 g/mol. The maximum absolute atomic E-state index is 9.06. The first kappa shape index (κ1) is 11.0. The highest BCUT2D eigenvalue weighted by molar-refractivity contribution is 4.79. The fourth-order valence-electron chi connectivity index (χ4n) is 1.69. The van der Waals surface area contributed by atoms with Gasteiger partial charge < -0.3 is 15.3 Å². The van der Waals surface area contributed by atoms with E-state index in [1.807, 2.05) is 0 Å². The van der Waals surface area contributed by atoms with E-state index in [1.54, 1.807) is 0 Å². The Labute approximate surface area is 81.1 Å². The number of aliphatic hydroxyl groups excluding tert-OH is 1. The van der Waals surface area contributed by atoms with Gasteiger partial charge in [0.05, 0.1) is 6.10 Å². The molecule has 3 nitrogen and oxygen atoms in total. The second-order valence-electron chi connectivity index (χ2n) is 4.35. The average Bonchev–Trinajstić information content (AvgIpc) is 1.99. The fourth-order valence-corrected chi connectivity index (χ4v) is 1.69. The summed E-state index contributed by atoms with van der Waals surface area (Å²) in [6.45, 7) is 3.34. The minimum Gasteiger partial charge on any atom is -0.393 e. The van der Waals surface area contributed by atoms with Crippen molar-refractivity contribution < 1.29 is 5.11 Å². The second-order valence-corrected chi connectivity index (χ2v) is 4.35. The Morgan fingerprint density at radius 3 is 2.62 bits per heavy atom. The van der Waals surface area contributed by atoms with Crippen LogP contribution in [0.1, 0.15) is 19.3 Å². The van der Waals surface area contributed by atoms with Gasteiger partial charge >= 0.3 is 0 Å². The molecule has 1 rings (SSSR count). The van der Waals surface area contributed by atoms with Gasteiger partial charge in [-0.1, -0.05) is 0 Å². The summed E-state index contributed by atoms with van der Waals surface area (Å²) in [5, 5.41) is 12.5. The second kappa shape index (κ2) is 5.58. The summed E-state index contributed by atoms with van der Waals surface area (Å²) in [6.07, 6.45) is 3.21. The number of hydrogen-bond acceptors (Lipinski definition) is 3. The standard InChI is InChI=1S/C10H22N2O/c1-12(2)5-3-4-11-8-9-6-10(13)7-9/h9-11,13H,3-8H2,1-2H3. The van der Waals surface area contributed by atoms with Crippen molar-refractivity contribution >= 4 is 0 Å². The minimum absolute atomic E-state index is 0.00595. The molecule has 78 valence electrons. The van der Waals surface area contributed by atoms with Crippen LogP contribution in [0.5, 0.6) is 0 Å². The third kappa shape index (κ3) is 4.60. The lowest BCUT2D eigenvalue weighted by Gasteiger charge is -2.31. The molecule has 0 unspecified atom stereocenters. The molecule has 0 saturated heterocycles. The third-order valence-electron chi connectivity index (χ3n) is 2.60. The third-order valence-corrected chi connectivity index (χ3v) is 2.60. The first-order valence-corrected chi connectivity index (χ1v) is 5.22. The van der Waals surface area contributed by atoms with Gasteiger partial charge in [-0.15, -0.1) is 0 Å². The molecule has 0 aliphatic heterocycles. The van der Waals surface area contributed by atoms with Gasteiger partial charge in [-0.25, -0.2) is 0 Å². The first-order chi connectivity index (χ1) is 6.18. The van der Waals surface area contributed by atoms with Crippen LogP contribution in [-0.4, -0.2) is 49.8 Å². The highest BCUT2D eigenvalue weighted by Gasteiger charge is 2.26. The van der Waals surface area contributed by atoms with Crippen molar-refractivity contribution in [1.82, 2.24) is 10.2 Å². The molecule has 0 bridgehead atoms. The summed E-state index contributed by atoms with van der Waals surface area (Å²) in [5.74, 6) is 0.731. The smallest absolute Gasteiger partial charge is 0.0546 e. The Kier molecular flexibility index (Phi) is 4.70. The molecule has 1 aliphatic rings. The zero-order valence-corrected chi connectivity index (χ0v) is 8.79. The molecule has 3 heteroatoms. The van der Waals surface area contributed by atoms with Gasteiger partial charge in [0.1, 0.15) is 0 Å². The van der Waals surface area contributed by atoms with Crippen LogP contribution in [0, 0.1) is 5.92 Å². The van der Waals surface area contributed by atoms with Crippen molar-refractivity contribution in [3.63, 3.8) is 0 Å². The number of aliphatic hydroxyl groups is 1. The molecular weight excluding hydrogens is 164 g/mol. The maximum atomic E-state index is 9.06. The Morgan fingerprint density at radius 2 is 2.08 bits per heavy atom. The van der Waals surface area contributed by atoms with Crippen LogP contribution < -0.4 is 5.32 Å². The molecule has 0 radical (unpaired) electrons. The molecular formula is C10H22N2O. The van der Waals surface area contributed by atoms with E-state index < -0.39 is 0 Å². The van der Waals surface area contributed by atoms with Crippen molar-refractivity contribution in [2.45, 2.75) is 25.4 Å². The van der Waals surface area contributed by atoms with Gasteiger partial charge in [0.2, 0.25) is 0 Å². The molecule has 0 aromatic rings. The van der Waals surface area contributed by atoms with Gasteiger partial charge in [0, 0.05) is 0 Å². The topological polar surface area (TPSA) is 35.5 Å². The molecule has 0 heterocycles. The summed E-state index contributed by atoms with van der Waals surface area (Å²) in [7, 11) is 4.20. The van der Waals surface area contributed by atoms with E-state index in [1.165, 1.54) is 6.42 Å². The lowest BCUT2D eigenvalue weighted by molar-refractivity contribution is 0.0431. The van der Waals surface area contributed by atoms with E-state index in [0.717, 1.165) is 38.4 Å². The molecule has 1 saturated carbocycles. The maximum Gasteiger partial charge on any atom is 0.0546 e. The zero-order valence-electron chi connectivity index (χ0n) is 8.79. The molecule has 1 fully saturated rings. The highest BCUT2D eigenvalue weighted by atomic mass is 16.3. The number of hydrogen-bond donors (Lipinski definition) is 2. The van der Waals surface area contributed by atoms with Gasteiger partial charge in [-0.3, -0.25) is 0 Å². The van der Waals surface area contributed by atoms with E-state index >= 15 is 0 Å². The average molecular weight is 186 g/mol. The predicted octanol–water partition coefficient (Wildman–Crippen LogP) is 0.299. The fraction of sp³-hybridized carbons (Fsp3) is 1.00. The van der Waals surface area contributed by atoms with Gasteiger partial charge in [-0.2, -0.15) is 0 Å². The van der Waals surface area contributed by atoms with Crippen molar-refractivity contribution in [2.24, 2.45) is 5.92 Å².